The lowest BCUT2D eigenvalue weighted by Gasteiger charge is -2.08. The molecule has 2 rings (SSSR count). The first-order valence-electron chi connectivity index (χ1n) is 5.94. The Hall–Kier alpha value is -2.60. The van der Waals surface area contributed by atoms with Crippen LogP contribution in [0.5, 0.6) is 5.75 Å². The molecule has 0 saturated carbocycles. The number of anilines is 1. The monoisotopic (exact) mass is 306 g/mol. The van der Waals surface area contributed by atoms with E-state index in [1.165, 1.54) is 24.3 Å². The van der Waals surface area contributed by atoms with Gasteiger partial charge in [0.2, 0.25) is 0 Å². The summed E-state index contributed by atoms with van der Waals surface area (Å²) in [5.41, 5.74) is 0.413. The lowest BCUT2D eigenvalue weighted by molar-refractivity contribution is -0.384. The van der Waals surface area contributed by atoms with Gasteiger partial charge in [-0.25, -0.2) is 0 Å². The third kappa shape index (κ3) is 3.11. The van der Waals surface area contributed by atoms with E-state index in [9.17, 15) is 20.0 Å². The number of hydrogen-bond acceptors (Lipinski definition) is 4. The number of phenols is 1. The lowest BCUT2D eigenvalue weighted by Crippen LogP contribution is -2.13. The molecule has 0 saturated heterocycles. The van der Waals surface area contributed by atoms with E-state index in [2.05, 4.69) is 5.32 Å². The van der Waals surface area contributed by atoms with E-state index >= 15 is 0 Å². The average Bonchev–Trinajstić information content (AvgIpc) is 2.43. The van der Waals surface area contributed by atoms with Gasteiger partial charge in [0.25, 0.3) is 11.6 Å². The van der Waals surface area contributed by atoms with Crippen LogP contribution in [0.4, 0.5) is 11.4 Å². The topological polar surface area (TPSA) is 92.5 Å². The van der Waals surface area contributed by atoms with Gasteiger partial charge in [-0.05, 0) is 30.7 Å². The molecule has 6 nitrogen and oxygen atoms in total. The van der Waals surface area contributed by atoms with E-state index < -0.39 is 10.8 Å². The number of nitro benzene ring substituents is 1. The van der Waals surface area contributed by atoms with Crippen LogP contribution in [0.3, 0.4) is 0 Å². The number of aryl methyl sites for hydroxylation is 1. The number of carbonyl (C=O) groups excluding carboxylic acids is 1. The zero-order valence-electron chi connectivity index (χ0n) is 11.0. The second kappa shape index (κ2) is 5.80. The van der Waals surface area contributed by atoms with Crippen LogP contribution in [0.2, 0.25) is 5.02 Å². The number of nitro groups is 1. The highest BCUT2D eigenvalue weighted by atomic mass is 35.5. The number of rotatable bonds is 3. The zero-order valence-corrected chi connectivity index (χ0v) is 11.7. The predicted molar refractivity (Wildman–Crippen MR) is 78.9 cm³/mol. The molecule has 0 bridgehead atoms. The molecule has 2 aromatic carbocycles. The van der Waals surface area contributed by atoms with E-state index in [-0.39, 0.29) is 22.7 Å². The number of halogens is 1. The van der Waals surface area contributed by atoms with E-state index in [4.69, 9.17) is 11.6 Å². The molecule has 0 atom stereocenters. The van der Waals surface area contributed by atoms with Crippen molar-refractivity contribution >= 4 is 28.9 Å². The summed E-state index contributed by atoms with van der Waals surface area (Å²) in [5.74, 6) is -0.975. The maximum absolute atomic E-state index is 12.1. The molecule has 0 fully saturated rings. The van der Waals surface area contributed by atoms with E-state index in [1.807, 2.05) is 0 Å². The van der Waals surface area contributed by atoms with Crippen molar-refractivity contribution < 1.29 is 14.8 Å². The zero-order chi connectivity index (χ0) is 15.6. The van der Waals surface area contributed by atoms with Crippen LogP contribution in [0.25, 0.3) is 0 Å². The maximum Gasteiger partial charge on any atom is 0.296 e. The average molecular weight is 307 g/mol. The van der Waals surface area contributed by atoms with Gasteiger partial charge in [-0.2, -0.15) is 0 Å². The first kappa shape index (κ1) is 14.8. The molecular weight excluding hydrogens is 296 g/mol. The summed E-state index contributed by atoms with van der Waals surface area (Å²) in [5, 5.41) is 23.3. The van der Waals surface area contributed by atoms with Gasteiger partial charge in [0, 0.05) is 16.7 Å². The molecule has 0 radical (unpaired) electrons. The van der Waals surface area contributed by atoms with Crippen LogP contribution in [-0.4, -0.2) is 15.9 Å². The van der Waals surface area contributed by atoms with Crippen molar-refractivity contribution in [1.82, 2.24) is 0 Å². The normalized spacial score (nSPS) is 10.2. The SMILES string of the molecule is Cc1ccc(C(=O)Nc2c(O)cccc2[N+](=O)[O-])cc1Cl. The fourth-order valence-electron chi connectivity index (χ4n) is 1.73. The minimum atomic E-state index is -0.683. The Balaban J connectivity index is 2.36. The second-order valence-corrected chi connectivity index (χ2v) is 4.75. The second-order valence-electron chi connectivity index (χ2n) is 4.35. The maximum atomic E-state index is 12.1. The fourth-order valence-corrected chi connectivity index (χ4v) is 1.91. The number of aromatic hydroxyl groups is 1. The Bertz CT molecular complexity index is 731. The minimum Gasteiger partial charge on any atom is -0.505 e. The van der Waals surface area contributed by atoms with Crippen LogP contribution in [0.1, 0.15) is 15.9 Å². The summed E-state index contributed by atoms with van der Waals surface area (Å²) >= 11 is 5.94. The molecule has 0 aromatic heterocycles. The van der Waals surface area contributed by atoms with Gasteiger partial charge in [-0.3, -0.25) is 14.9 Å². The van der Waals surface area contributed by atoms with E-state index in [0.717, 1.165) is 5.56 Å². The highest BCUT2D eigenvalue weighted by Crippen LogP contribution is 2.33. The Kier molecular flexibility index (Phi) is 4.09. The number of phenolic OH excluding ortho intramolecular Hbond substituents is 1. The Morgan fingerprint density at radius 2 is 2.05 bits per heavy atom. The van der Waals surface area contributed by atoms with Crippen LogP contribution >= 0.6 is 11.6 Å². The smallest absolute Gasteiger partial charge is 0.296 e. The van der Waals surface area contributed by atoms with Gasteiger partial charge in [-0.15, -0.1) is 0 Å². The third-order valence-electron chi connectivity index (χ3n) is 2.89. The van der Waals surface area contributed by atoms with Gasteiger partial charge < -0.3 is 10.4 Å². The van der Waals surface area contributed by atoms with Crippen molar-refractivity contribution in [2.24, 2.45) is 0 Å². The number of benzene rings is 2. The van der Waals surface area contributed by atoms with Crippen LogP contribution in [0, 0.1) is 17.0 Å². The number of carbonyl (C=O) groups is 1. The van der Waals surface area contributed by atoms with Gasteiger partial charge >= 0.3 is 0 Å². The number of hydrogen-bond donors (Lipinski definition) is 2. The van der Waals surface area contributed by atoms with E-state index in [1.54, 1.807) is 19.1 Å². The van der Waals surface area contributed by atoms with Crippen molar-refractivity contribution in [2.45, 2.75) is 6.92 Å². The molecule has 7 heteroatoms. The first-order chi connectivity index (χ1) is 9.90. The number of para-hydroxylation sites is 1. The molecule has 21 heavy (non-hydrogen) atoms. The number of nitrogens with one attached hydrogen (secondary N) is 1. The van der Waals surface area contributed by atoms with Crippen LogP contribution in [0.15, 0.2) is 36.4 Å². The molecule has 0 aliphatic heterocycles. The third-order valence-corrected chi connectivity index (χ3v) is 3.30. The fraction of sp³-hybridized carbons (Fsp3) is 0.0714. The van der Waals surface area contributed by atoms with Crippen molar-refractivity contribution in [3.05, 3.63) is 62.7 Å². The molecule has 0 unspecified atom stereocenters. The molecule has 2 N–H and O–H groups in total. The van der Waals surface area contributed by atoms with Gasteiger partial charge in [0.05, 0.1) is 4.92 Å². The predicted octanol–water partition coefficient (Wildman–Crippen LogP) is 3.51. The summed E-state index contributed by atoms with van der Waals surface area (Å²) in [4.78, 5) is 22.3. The Morgan fingerprint density at radius 3 is 2.67 bits per heavy atom. The summed E-state index contributed by atoms with van der Waals surface area (Å²) in [6, 6.07) is 8.44. The summed E-state index contributed by atoms with van der Waals surface area (Å²) < 4.78 is 0. The molecule has 0 aliphatic rings. The molecule has 108 valence electrons. The highest BCUT2D eigenvalue weighted by molar-refractivity contribution is 6.31. The van der Waals surface area contributed by atoms with Crippen molar-refractivity contribution in [3.8, 4) is 5.75 Å². The molecule has 2 aromatic rings. The van der Waals surface area contributed by atoms with Crippen LogP contribution in [-0.2, 0) is 0 Å². The summed E-state index contributed by atoms with van der Waals surface area (Å²) in [6.07, 6.45) is 0. The lowest BCUT2D eigenvalue weighted by atomic mass is 10.1. The van der Waals surface area contributed by atoms with Crippen molar-refractivity contribution in [3.63, 3.8) is 0 Å². The molecule has 0 spiro atoms. The largest absolute Gasteiger partial charge is 0.505 e. The standard InChI is InChI=1S/C14H11ClN2O4/c1-8-5-6-9(7-10(8)15)14(19)16-13-11(17(20)21)3-2-4-12(13)18/h2-7,18H,1H3,(H,16,19). The minimum absolute atomic E-state index is 0.239. The first-order valence-corrected chi connectivity index (χ1v) is 6.32. The quantitative estimate of drug-likeness (QED) is 0.515. The van der Waals surface area contributed by atoms with Gasteiger partial charge in [0.15, 0.2) is 5.69 Å². The molecular formula is C14H11ClN2O4. The van der Waals surface area contributed by atoms with Crippen LogP contribution < -0.4 is 5.32 Å². The van der Waals surface area contributed by atoms with Crippen molar-refractivity contribution in [2.75, 3.05) is 5.32 Å². The Morgan fingerprint density at radius 1 is 1.33 bits per heavy atom. The molecule has 0 aliphatic carbocycles. The Labute approximate surface area is 125 Å². The highest BCUT2D eigenvalue weighted by Gasteiger charge is 2.20. The molecule has 1 amide bonds. The number of nitrogens with zero attached hydrogens (tertiary/aromatic N) is 1. The summed E-state index contributed by atoms with van der Waals surface area (Å²) in [6.45, 7) is 1.79. The van der Waals surface area contributed by atoms with Gasteiger partial charge in [-0.1, -0.05) is 23.7 Å². The van der Waals surface area contributed by atoms with Crippen molar-refractivity contribution in [1.29, 1.82) is 0 Å². The summed E-state index contributed by atoms with van der Waals surface area (Å²) in [7, 11) is 0. The van der Waals surface area contributed by atoms with E-state index in [0.29, 0.717) is 5.02 Å². The molecule has 0 heterocycles. The van der Waals surface area contributed by atoms with Gasteiger partial charge in [0.1, 0.15) is 5.75 Å². The number of amides is 1.